The van der Waals surface area contributed by atoms with Gasteiger partial charge in [0, 0.05) is 22.2 Å². The lowest BCUT2D eigenvalue weighted by Gasteiger charge is -2.26. The van der Waals surface area contributed by atoms with Crippen LogP contribution < -0.4 is 9.62 Å². The van der Waals surface area contributed by atoms with Crippen molar-refractivity contribution in [2.24, 2.45) is 0 Å². The van der Waals surface area contributed by atoms with E-state index < -0.39 is 10.0 Å². The summed E-state index contributed by atoms with van der Waals surface area (Å²) in [5, 5.41) is 3.25. The molecule has 3 aromatic rings. The summed E-state index contributed by atoms with van der Waals surface area (Å²) in [6, 6.07) is 22.9. The molecule has 1 amide bonds. The van der Waals surface area contributed by atoms with E-state index in [1.807, 2.05) is 30.3 Å². The maximum absolute atomic E-state index is 13.3. The van der Waals surface area contributed by atoms with Gasteiger partial charge in [-0.2, -0.15) is 0 Å². The molecule has 0 fully saturated rings. The van der Waals surface area contributed by atoms with Crippen LogP contribution in [0.15, 0.2) is 88.7 Å². The first-order valence-electron chi connectivity index (χ1n) is 9.67. The third-order valence-corrected chi connectivity index (χ3v) is 7.76. The van der Waals surface area contributed by atoms with Crippen LogP contribution in [0, 0.1) is 6.92 Å². The van der Waals surface area contributed by atoms with Crippen molar-refractivity contribution in [1.29, 1.82) is 0 Å². The Morgan fingerprint density at radius 1 is 0.968 bits per heavy atom. The number of amides is 1. The fourth-order valence-corrected chi connectivity index (χ4v) is 5.41. The van der Waals surface area contributed by atoms with Gasteiger partial charge in [0.15, 0.2) is 0 Å². The maximum atomic E-state index is 13.3. The van der Waals surface area contributed by atoms with Gasteiger partial charge < -0.3 is 5.32 Å². The Labute approximate surface area is 192 Å². The first-order chi connectivity index (χ1) is 14.9. The number of hydrogen-bond donors (Lipinski definition) is 1. The molecule has 0 unspecified atom stereocenters. The second-order valence-electron chi connectivity index (χ2n) is 6.72. The summed E-state index contributed by atoms with van der Waals surface area (Å²) >= 11 is 7.85. The molecule has 0 saturated carbocycles. The van der Waals surface area contributed by atoms with E-state index in [-0.39, 0.29) is 17.3 Å². The third-order valence-electron chi connectivity index (χ3n) is 4.56. The van der Waals surface area contributed by atoms with Crippen molar-refractivity contribution in [3.63, 3.8) is 0 Å². The van der Waals surface area contributed by atoms with Gasteiger partial charge in [-0.05, 0) is 48.9 Å². The predicted molar refractivity (Wildman–Crippen MR) is 127 cm³/mol. The fourth-order valence-electron chi connectivity index (χ4n) is 2.95. The second kappa shape index (κ2) is 10.7. The number of rotatable bonds is 9. The first kappa shape index (κ1) is 23.2. The number of hydrogen-bond acceptors (Lipinski definition) is 4. The van der Waals surface area contributed by atoms with E-state index in [1.54, 1.807) is 55.1 Å². The van der Waals surface area contributed by atoms with Crippen molar-refractivity contribution in [3.05, 3.63) is 89.4 Å². The number of anilines is 1. The van der Waals surface area contributed by atoms with E-state index in [0.717, 1.165) is 9.20 Å². The summed E-state index contributed by atoms with van der Waals surface area (Å²) in [6.45, 7) is 1.82. The Morgan fingerprint density at radius 3 is 2.29 bits per heavy atom. The molecule has 0 spiro atoms. The number of benzene rings is 3. The van der Waals surface area contributed by atoms with Gasteiger partial charge in [-0.1, -0.05) is 54.1 Å². The highest BCUT2D eigenvalue weighted by Gasteiger charge is 2.28. The van der Waals surface area contributed by atoms with Crippen molar-refractivity contribution >= 4 is 45.0 Å². The van der Waals surface area contributed by atoms with Gasteiger partial charge in [0.2, 0.25) is 5.91 Å². The average molecular weight is 475 g/mol. The Kier molecular flexibility index (Phi) is 8.01. The van der Waals surface area contributed by atoms with Crippen LogP contribution in [0.5, 0.6) is 0 Å². The number of sulfonamides is 1. The minimum atomic E-state index is -3.95. The van der Waals surface area contributed by atoms with Gasteiger partial charge in [0.25, 0.3) is 10.0 Å². The highest BCUT2D eigenvalue weighted by molar-refractivity contribution is 7.99. The summed E-state index contributed by atoms with van der Waals surface area (Å²) in [6.07, 6.45) is 0. The van der Waals surface area contributed by atoms with E-state index in [4.69, 9.17) is 11.6 Å². The van der Waals surface area contributed by atoms with Crippen LogP contribution in [-0.4, -0.2) is 33.2 Å². The number of nitrogens with one attached hydrogen (secondary N) is 1. The van der Waals surface area contributed by atoms with Crippen molar-refractivity contribution in [1.82, 2.24) is 5.32 Å². The van der Waals surface area contributed by atoms with Crippen molar-refractivity contribution in [2.45, 2.75) is 16.7 Å². The fraction of sp³-hybridized carbons (Fsp3) is 0.174. The molecule has 0 atom stereocenters. The molecule has 0 aliphatic rings. The molecule has 31 heavy (non-hydrogen) atoms. The topological polar surface area (TPSA) is 66.5 Å². The standard InChI is InChI=1S/C23H23ClN2O3S2/c1-18-21(24)13-8-14-22(18)26(31(28,29)20-11-6-3-7-12-20)17-23(27)25-15-16-30-19-9-4-2-5-10-19/h2-14H,15-17H2,1H3,(H,25,27). The van der Waals surface area contributed by atoms with Crippen LogP contribution in [0.4, 0.5) is 5.69 Å². The highest BCUT2D eigenvalue weighted by Crippen LogP contribution is 2.30. The monoisotopic (exact) mass is 474 g/mol. The van der Waals surface area contributed by atoms with Crippen LogP contribution in [0.2, 0.25) is 5.02 Å². The van der Waals surface area contributed by atoms with Gasteiger partial charge in [-0.3, -0.25) is 9.10 Å². The molecular weight excluding hydrogens is 452 g/mol. The number of carbonyl (C=O) groups is 1. The molecule has 0 radical (unpaired) electrons. The molecule has 5 nitrogen and oxygen atoms in total. The van der Waals surface area contributed by atoms with Crippen molar-refractivity contribution < 1.29 is 13.2 Å². The van der Waals surface area contributed by atoms with Crippen LogP contribution in [0.1, 0.15) is 5.56 Å². The molecule has 0 aromatic heterocycles. The lowest BCUT2D eigenvalue weighted by molar-refractivity contribution is -0.119. The van der Waals surface area contributed by atoms with Crippen molar-refractivity contribution in [3.8, 4) is 0 Å². The zero-order chi connectivity index (χ0) is 22.3. The van der Waals surface area contributed by atoms with Crippen LogP contribution in [-0.2, 0) is 14.8 Å². The smallest absolute Gasteiger partial charge is 0.264 e. The molecular formula is C23H23ClN2O3S2. The molecule has 3 rings (SSSR count). The highest BCUT2D eigenvalue weighted by atomic mass is 35.5. The molecule has 1 N–H and O–H groups in total. The van der Waals surface area contributed by atoms with Crippen LogP contribution in [0.3, 0.4) is 0 Å². The zero-order valence-electron chi connectivity index (χ0n) is 17.0. The normalized spacial score (nSPS) is 11.2. The number of carbonyl (C=O) groups excluding carboxylic acids is 1. The number of thioether (sulfide) groups is 1. The van der Waals surface area contributed by atoms with E-state index in [1.165, 1.54) is 12.1 Å². The molecule has 0 heterocycles. The lowest BCUT2D eigenvalue weighted by Crippen LogP contribution is -2.41. The van der Waals surface area contributed by atoms with Gasteiger partial charge in [-0.25, -0.2) is 8.42 Å². The first-order valence-corrected chi connectivity index (χ1v) is 12.5. The predicted octanol–water partition coefficient (Wildman–Crippen LogP) is 4.75. The lowest BCUT2D eigenvalue weighted by atomic mass is 10.2. The Morgan fingerprint density at radius 2 is 1.61 bits per heavy atom. The van der Waals surface area contributed by atoms with E-state index >= 15 is 0 Å². The van der Waals surface area contributed by atoms with Gasteiger partial charge in [0.05, 0.1) is 10.6 Å². The summed E-state index contributed by atoms with van der Waals surface area (Å²) in [7, 11) is -3.95. The molecule has 0 aliphatic carbocycles. The largest absolute Gasteiger partial charge is 0.354 e. The van der Waals surface area contributed by atoms with Gasteiger partial charge in [0.1, 0.15) is 6.54 Å². The quantitative estimate of drug-likeness (QED) is 0.359. The molecule has 0 aliphatic heterocycles. The summed E-state index contributed by atoms with van der Waals surface area (Å²) in [5.74, 6) is 0.296. The molecule has 162 valence electrons. The molecule has 8 heteroatoms. The van der Waals surface area contributed by atoms with E-state index in [0.29, 0.717) is 28.6 Å². The SMILES string of the molecule is Cc1c(Cl)cccc1N(CC(=O)NCCSc1ccccc1)S(=O)(=O)c1ccccc1. The molecule has 0 saturated heterocycles. The second-order valence-corrected chi connectivity index (χ2v) is 10.2. The van der Waals surface area contributed by atoms with Gasteiger partial charge in [-0.15, -0.1) is 11.8 Å². The van der Waals surface area contributed by atoms with Crippen LogP contribution in [0.25, 0.3) is 0 Å². The molecule has 0 bridgehead atoms. The van der Waals surface area contributed by atoms with E-state index in [9.17, 15) is 13.2 Å². The summed E-state index contributed by atoms with van der Waals surface area (Å²) in [4.78, 5) is 13.9. The maximum Gasteiger partial charge on any atom is 0.264 e. The Hall–Kier alpha value is -2.48. The third kappa shape index (κ3) is 6.03. The Balaban J connectivity index is 1.75. The van der Waals surface area contributed by atoms with Crippen LogP contribution >= 0.6 is 23.4 Å². The van der Waals surface area contributed by atoms with E-state index in [2.05, 4.69) is 5.32 Å². The minimum absolute atomic E-state index is 0.113. The van der Waals surface area contributed by atoms with Gasteiger partial charge >= 0.3 is 0 Å². The number of nitrogens with zero attached hydrogens (tertiary/aromatic N) is 1. The average Bonchev–Trinajstić information content (AvgIpc) is 2.78. The molecule has 3 aromatic carbocycles. The number of halogens is 1. The summed E-state index contributed by atoms with van der Waals surface area (Å²) < 4.78 is 27.8. The Bertz CT molecular complexity index is 1120. The van der Waals surface area contributed by atoms with Crippen molar-refractivity contribution in [2.75, 3.05) is 23.1 Å². The zero-order valence-corrected chi connectivity index (χ0v) is 19.4. The summed E-state index contributed by atoms with van der Waals surface area (Å²) in [5.41, 5.74) is 0.973. The minimum Gasteiger partial charge on any atom is -0.354 e.